The molecule has 1 heterocycles. The molecule has 36 heavy (non-hydrogen) atoms. The maximum atomic E-state index is 14.6. The standard InChI is InChI=1S/C25H19ClF3NO6/c26-15-5-8-21(34-13-22(31)32)18(11-15)24-17-6-7-20(28)23(29)16(17)9-10-30(24)36-25(33)35-12-14-3-1-2-4-19(14)27/h1-8,11,24H,9-10,12-13H2,(H,31,32)/t24-/m0/s1. The number of carbonyl (C=O) groups is 2. The normalized spacial score (nSPS) is 15.2. The van der Waals surface area contributed by atoms with E-state index in [0.29, 0.717) is 0 Å². The van der Waals surface area contributed by atoms with E-state index in [4.69, 9.17) is 31.0 Å². The Bertz CT molecular complexity index is 1300. The molecule has 7 nitrogen and oxygen atoms in total. The summed E-state index contributed by atoms with van der Waals surface area (Å²) in [5, 5.41) is 10.4. The summed E-state index contributed by atoms with van der Waals surface area (Å²) in [7, 11) is 0. The highest BCUT2D eigenvalue weighted by Gasteiger charge is 2.36. The van der Waals surface area contributed by atoms with Gasteiger partial charge < -0.3 is 19.4 Å². The lowest BCUT2D eigenvalue weighted by Gasteiger charge is -2.36. The first kappa shape index (κ1) is 25.3. The van der Waals surface area contributed by atoms with Gasteiger partial charge in [0.2, 0.25) is 0 Å². The first-order chi connectivity index (χ1) is 17.2. The van der Waals surface area contributed by atoms with E-state index in [1.807, 2.05) is 0 Å². The van der Waals surface area contributed by atoms with Gasteiger partial charge in [0.05, 0.1) is 0 Å². The van der Waals surface area contributed by atoms with Crippen LogP contribution >= 0.6 is 11.6 Å². The van der Waals surface area contributed by atoms with Crippen molar-refractivity contribution in [2.24, 2.45) is 0 Å². The van der Waals surface area contributed by atoms with Crippen LogP contribution in [0.1, 0.15) is 28.3 Å². The Labute approximate surface area is 208 Å². The third-order valence-corrected chi connectivity index (χ3v) is 5.74. The third kappa shape index (κ3) is 5.55. The first-order valence-corrected chi connectivity index (χ1v) is 11.1. The number of fused-ring (bicyclic) bond motifs is 1. The molecular formula is C25H19ClF3NO6. The van der Waals surface area contributed by atoms with Crippen molar-refractivity contribution in [3.05, 3.63) is 99.3 Å². The molecule has 0 bridgehead atoms. The van der Waals surface area contributed by atoms with Gasteiger partial charge in [-0.25, -0.2) is 22.8 Å². The number of carboxylic acids is 1. The van der Waals surface area contributed by atoms with Crippen molar-refractivity contribution < 1.29 is 42.2 Å². The zero-order valence-electron chi connectivity index (χ0n) is 18.5. The molecule has 1 aliphatic rings. The van der Waals surface area contributed by atoms with E-state index < -0.39 is 48.8 Å². The maximum absolute atomic E-state index is 14.6. The van der Waals surface area contributed by atoms with Gasteiger partial charge in [-0.1, -0.05) is 35.9 Å². The summed E-state index contributed by atoms with van der Waals surface area (Å²) in [6.45, 7) is -1.15. The van der Waals surface area contributed by atoms with Gasteiger partial charge in [0.25, 0.3) is 0 Å². The number of hydrogen-bond donors (Lipinski definition) is 1. The molecule has 0 radical (unpaired) electrons. The monoisotopic (exact) mass is 521 g/mol. The van der Waals surface area contributed by atoms with E-state index in [1.54, 1.807) is 6.07 Å². The zero-order valence-corrected chi connectivity index (χ0v) is 19.3. The second-order valence-electron chi connectivity index (χ2n) is 7.81. The van der Waals surface area contributed by atoms with Crippen molar-refractivity contribution in [1.82, 2.24) is 5.06 Å². The quantitative estimate of drug-likeness (QED) is 0.415. The highest BCUT2D eigenvalue weighted by atomic mass is 35.5. The van der Waals surface area contributed by atoms with Gasteiger partial charge >= 0.3 is 12.1 Å². The summed E-state index contributed by atoms with van der Waals surface area (Å²) in [4.78, 5) is 28.9. The van der Waals surface area contributed by atoms with Gasteiger partial charge in [0.15, 0.2) is 18.2 Å². The SMILES string of the molecule is O=C(O)COc1ccc(Cl)cc1[C@@H]1c2ccc(F)c(F)c2CCN1OC(=O)OCc1ccccc1F. The fourth-order valence-corrected chi connectivity index (χ4v) is 4.10. The Hall–Kier alpha value is -3.76. The molecule has 3 aromatic carbocycles. The van der Waals surface area contributed by atoms with Crippen LogP contribution in [0.4, 0.5) is 18.0 Å². The molecule has 1 atom stereocenters. The number of rotatable bonds is 7. The van der Waals surface area contributed by atoms with Crippen molar-refractivity contribution in [1.29, 1.82) is 0 Å². The molecule has 0 aromatic heterocycles. The number of benzene rings is 3. The largest absolute Gasteiger partial charge is 0.528 e. The molecule has 1 aliphatic heterocycles. The fourth-order valence-electron chi connectivity index (χ4n) is 3.92. The Morgan fingerprint density at radius 3 is 2.56 bits per heavy atom. The van der Waals surface area contributed by atoms with E-state index >= 15 is 0 Å². The number of hydrogen-bond acceptors (Lipinski definition) is 6. The van der Waals surface area contributed by atoms with Crippen LogP contribution in [-0.2, 0) is 27.4 Å². The third-order valence-electron chi connectivity index (χ3n) is 5.51. The fraction of sp³-hybridized carbons (Fsp3) is 0.200. The molecule has 3 aromatic rings. The van der Waals surface area contributed by atoms with E-state index in [9.17, 15) is 22.8 Å². The summed E-state index contributed by atoms with van der Waals surface area (Å²) >= 11 is 6.18. The van der Waals surface area contributed by atoms with Gasteiger partial charge in [0.1, 0.15) is 24.2 Å². The van der Waals surface area contributed by atoms with Crippen LogP contribution in [0.25, 0.3) is 0 Å². The molecule has 4 rings (SSSR count). The molecule has 0 saturated heterocycles. The van der Waals surface area contributed by atoms with Crippen LogP contribution in [0.3, 0.4) is 0 Å². The molecule has 0 saturated carbocycles. The Kier molecular flexibility index (Phi) is 7.66. The predicted octanol–water partition coefficient (Wildman–Crippen LogP) is 5.44. The average molecular weight is 522 g/mol. The van der Waals surface area contributed by atoms with Gasteiger partial charge in [0, 0.05) is 22.7 Å². The minimum atomic E-state index is -1.24. The van der Waals surface area contributed by atoms with Crippen molar-refractivity contribution in [2.45, 2.75) is 19.1 Å². The molecule has 11 heteroatoms. The summed E-state index contributed by atoms with van der Waals surface area (Å²) in [6.07, 6.45) is -1.17. The number of carbonyl (C=O) groups excluding carboxylic acids is 1. The lowest BCUT2D eigenvalue weighted by atomic mass is 9.88. The molecule has 0 amide bonds. The van der Waals surface area contributed by atoms with E-state index in [2.05, 4.69) is 0 Å². The number of ether oxygens (including phenoxy) is 2. The van der Waals surface area contributed by atoms with Gasteiger partial charge in [-0.2, -0.15) is 0 Å². The Morgan fingerprint density at radius 1 is 1.03 bits per heavy atom. The van der Waals surface area contributed by atoms with Crippen LogP contribution in [0.15, 0.2) is 54.6 Å². The molecule has 0 spiro atoms. The van der Waals surface area contributed by atoms with Crippen LogP contribution in [0.5, 0.6) is 5.75 Å². The molecule has 188 valence electrons. The van der Waals surface area contributed by atoms with Crippen LogP contribution in [0.2, 0.25) is 5.02 Å². The number of hydroxylamine groups is 2. The second kappa shape index (κ2) is 10.9. The lowest BCUT2D eigenvalue weighted by Crippen LogP contribution is -2.38. The van der Waals surface area contributed by atoms with Crippen molar-refractivity contribution in [2.75, 3.05) is 13.2 Å². The number of nitrogens with zero attached hydrogens (tertiary/aromatic N) is 1. The van der Waals surface area contributed by atoms with Crippen LogP contribution in [-0.4, -0.2) is 35.4 Å². The Balaban J connectivity index is 1.67. The summed E-state index contributed by atoms with van der Waals surface area (Å²) in [5.41, 5.74) is 0.692. The van der Waals surface area contributed by atoms with Crippen LogP contribution in [0, 0.1) is 17.5 Å². The van der Waals surface area contributed by atoms with Crippen molar-refractivity contribution >= 4 is 23.7 Å². The number of aliphatic carboxylic acids is 1. The highest BCUT2D eigenvalue weighted by Crippen LogP contribution is 2.41. The van der Waals surface area contributed by atoms with Gasteiger partial charge in [-0.3, -0.25) is 0 Å². The minimum absolute atomic E-state index is 0.0120. The average Bonchev–Trinajstić information content (AvgIpc) is 2.85. The second-order valence-corrected chi connectivity index (χ2v) is 8.24. The summed E-state index contributed by atoms with van der Waals surface area (Å²) in [6, 6.07) is 11.3. The number of halogens is 4. The predicted molar refractivity (Wildman–Crippen MR) is 121 cm³/mol. The number of carboxylic acid groups (broad SMARTS) is 1. The molecule has 1 N–H and O–H groups in total. The molecule has 0 aliphatic carbocycles. The zero-order chi connectivity index (χ0) is 25.8. The van der Waals surface area contributed by atoms with Gasteiger partial charge in [-0.15, -0.1) is 5.06 Å². The summed E-state index contributed by atoms with van der Waals surface area (Å²) in [5.74, 6) is -3.81. The lowest BCUT2D eigenvalue weighted by molar-refractivity contribution is -0.153. The molecular weight excluding hydrogens is 503 g/mol. The topological polar surface area (TPSA) is 85.3 Å². The smallest absolute Gasteiger partial charge is 0.482 e. The van der Waals surface area contributed by atoms with E-state index in [0.717, 1.165) is 6.07 Å². The highest BCUT2D eigenvalue weighted by molar-refractivity contribution is 6.30. The minimum Gasteiger partial charge on any atom is -0.482 e. The van der Waals surface area contributed by atoms with Crippen LogP contribution < -0.4 is 4.74 Å². The maximum Gasteiger partial charge on any atom is 0.528 e. The molecule has 0 fully saturated rings. The first-order valence-electron chi connectivity index (χ1n) is 10.7. The summed E-state index contributed by atoms with van der Waals surface area (Å²) < 4.78 is 52.9. The van der Waals surface area contributed by atoms with Crippen molar-refractivity contribution in [3.8, 4) is 5.75 Å². The van der Waals surface area contributed by atoms with Crippen molar-refractivity contribution in [3.63, 3.8) is 0 Å². The Morgan fingerprint density at radius 2 is 1.81 bits per heavy atom. The molecule has 0 unspecified atom stereocenters. The van der Waals surface area contributed by atoms with Gasteiger partial charge in [-0.05, 0) is 47.9 Å². The van der Waals surface area contributed by atoms with E-state index in [1.165, 1.54) is 47.5 Å². The van der Waals surface area contributed by atoms with E-state index in [-0.39, 0.29) is 46.0 Å².